The van der Waals surface area contributed by atoms with Crippen LogP contribution in [-0.2, 0) is 19.1 Å². The van der Waals surface area contributed by atoms with Crippen molar-refractivity contribution >= 4 is 51.0 Å². The molecule has 1 heterocycles. The van der Waals surface area contributed by atoms with Crippen molar-refractivity contribution in [3.05, 3.63) is 0 Å². The van der Waals surface area contributed by atoms with Gasteiger partial charge in [-0.15, -0.1) is 0 Å². The van der Waals surface area contributed by atoms with E-state index in [1.165, 1.54) is 4.90 Å². The van der Waals surface area contributed by atoms with Gasteiger partial charge in [0, 0.05) is 5.33 Å². The lowest BCUT2D eigenvalue weighted by Crippen LogP contribution is -2.72. The molecule has 2 N–H and O–H groups in total. The Labute approximate surface area is 134 Å². The van der Waals surface area contributed by atoms with Crippen LogP contribution in [-0.4, -0.2) is 63.4 Å². The van der Waals surface area contributed by atoms with Crippen molar-refractivity contribution < 1.29 is 24.2 Å². The average molecular weight is 378 g/mol. The quantitative estimate of drug-likeness (QED) is 0.346. The second-order valence-electron chi connectivity index (χ2n) is 4.12. The molecule has 2 atom stereocenters. The number of β-lactam (4-membered cyclic amide) rings is 1. The van der Waals surface area contributed by atoms with Gasteiger partial charge in [0.1, 0.15) is 12.5 Å². The number of aliphatic carboxylic acids is 1. The maximum Gasteiger partial charge on any atom is 0.341 e. The third-order valence-electron chi connectivity index (χ3n) is 2.70. The molecule has 0 aromatic rings. The molecular formula is C11H12BrN3O5S. The smallest absolute Gasteiger partial charge is 0.341 e. The highest BCUT2D eigenvalue weighted by Gasteiger charge is 2.47. The first-order chi connectivity index (χ1) is 9.90. The number of rotatable bonds is 7. The summed E-state index contributed by atoms with van der Waals surface area (Å²) in [5.74, 6) is -2.04. The summed E-state index contributed by atoms with van der Waals surface area (Å²) in [5.41, 5.74) is 0. The number of likely N-dealkylation sites (tertiary alicyclic amines) is 1. The van der Waals surface area contributed by atoms with Gasteiger partial charge in [-0.2, -0.15) is 5.26 Å². The fourth-order valence-corrected chi connectivity index (χ4v) is 2.67. The van der Waals surface area contributed by atoms with E-state index in [1.807, 2.05) is 0 Å². The highest BCUT2D eigenvalue weighted by Crippen LogP contribution is 2.22. The Morgan fingerprint density at radius 2 is 2.24 bits per heavy atom. The molecule has 10 heteroatoms. The average Bonchev–Trinajstić information content (AvgIpc) is 2.43. The number of nitrogens with zero attached hydrogens (tertiary/aromatic N) is 2. The number of amides is 2. The maximum absolute atomic E-state index is 11.9. The molecule has 0 aliphatic carbocycles. The lowest BCUT2D eigenvalue weighted by molar-refractivity contribution is -0.151. The number of carboxylic acids is 1. The second-order valence-corrected chi connectivity index (χ2v) is 5.23. The van der Waals surface area contributed by atoms with Gasteiger partial charge in [-0.05, 0) is 12.2 Å². The largest absolute Gasteiger partial charge is 0.479 e. The molecule has 1 saturated heterocycles. The summed E-state index contributed by atoms with van der Waals surface area (Å²) in [6.07, 6.45) is -0.321. The number of halogens is 1. The lowest BCUT2D eigenvalue weighted by Gasteiger charge is -2.46. The van der Waals surface area contributed by atoms with Crippen molar-refractivity contribution in [2.24, 2.45) is 0 Å². The van der Waals surface area contributed by atoms with E-state index < -0.39 is 24.5 Å². The minimum absolute atomic E-state index is 0.0153. The molecule has 2 amide bonds. The van der Waals surface area contributed by atoms with E-state index in [1.54, 1.807) is 6.07 Å². The van der Waals surface area contributed by atoms with E-state index in [4.69, 9.17) is 27.3 Å². The molecule has 0 aromatic carbocycles. The molecule has 8 nitrogen and oxygen atoms in total. The summed E-state index contributed by atoms with van der Waals surface area (Å²) in [4.78, 5) is 35.0. The van der Waals surface area contributed by atoms with Crippen LogP contribution in [0.15, 0.2) is 0 Å². The number of carboxylic acid groups (broad SMARTS) is 1. The van der Waals surface area contributed by atoms with Gasteiger partial charge in [0.15, 0.2) is 11.7 Å². The van der Waals surface area contributed by atoms with E-state index in [0.29, 0.717) is 5.33 Å². The van der Waals surface area contributed by atoms with Gasteiger partial charge >= 0.3 is 5.97 Å². The van der Waals surface area contributed by atoms with Crippen LogP contribution in [0.1, 0.15) is 6.42 Å². The van der Waals surface area contributed by atoms with E-state index in [9.17, 15) is 14.4 Å². The van der Waals surface area contributed by atoms with Gasteiger partial charge in [0.25, 0.3) is 0 Å². The molecular weight excluding hydrogens is 366 g/mol. The zero-order valence-electron chi connectivity index (χ0n) is 10.7. The van der Waals surface area contributed by atoms with Gasteiger partial charge in [0.05, 0.1) is 18.7 Å². The number of alkyl halides is 1. The minimum atomic E-state index is -1.16. The molecule has 1 aliphatic heterocycles. The van der Waals surface area contributed by atoms with Crippen LogP contribution in [0.25, 0.3) is 0 Å². The van der Waals surface area contributed by atoms with Gasteiger partial charge in [-0.1, -0.05) is 15.9 Å². The molecule has 0 radical (unpaired) electrons. The SMILES string of the molecule is N#CCC(=O)N[C@H]1C(=O)N(CC(=S)OCC(=O)O)[C@H]1CBr. The normalized spacial score (nSPS) is 20.2. The van der Waals surface area contributed by atoms with Gasteiger partial charge in [-0.3, -0.25) is 9.59 Å². The maximum atomic E-state index is 11.9. The molecule has 0 saturated carbocycles. The number of carbonyl (C=O) groups excluding carboxylic acids is 2. The molecule has 21 heavy (non-hydrogen) atoms. The standard InChI is InChI=1S/C11H12BrN3O5S/c12-3-6-10(14-7(16)1-2-13)11(19)15(6)4-9(21)20-5-8(17)18/h6,10H,1,3-5H2,(H,14,16)(H,17,18)/t6-,10+/m0/s1. The first kappa shape index (κ1) is 17.3. The summed E-state index contributed by atoms with van der Waals surface area (Å²) >= 11 is 8.07. The number of nitriles is 1. The molecule has 1 fully saturated rings. The molecule has 1 rings (SSSR count). The Morgan fingerprint density at radius 1 is 1.57 bits per heavy atom. The van der Waals surface area contributed by atoms with E-state index in [2.05, 4.69) is 21.2 Å². The monoisotopic (exact) mass is 377 g/mol. The topological polar surface area (TPSA) is 120 Å². The Kier molecular flexibility index (Phi) is 6.51. The Balaban J connectivity index is 2.53. The molecule has 0 aromatic heterocycles. The fraction of sp³-hybridized carbons (Fsp3) is 0.545. The minimum Gasteiger partial charge on any atom is -0.479 e. The van der Waals surface area contributed by atoms with E-state index >= 15 is 0 Å². The third-order valence-corrected chi connectivity index (χ3v) is 3.61. The third kappa shape index (κ3) is 4.64. The van der Waals surface area contributed by atoms with Crippen LogP contribution < -0.4 is 5.32 Å². The predicted molar refractivity (Wildman–Crippen MR) is 77.6 cm³/mol. The number of hydrogen-bond donors (Lipinski definition) is 2. The summed E-state index contributed by atoms with van der Waals surface area (Å²) in [7, 11) is 0. The van der Waals surface area contributed by atoms with Crippen LogP contribution in [0.5, 0.6) is 0 Å². The summed E-state index contributed by atoms with van der Waals surface area (Å²) in [6, 6.07) is 0.652. The zero-order valence-corrected chi connectivity index (χ0v) is 13.1. The van der Waals surface area contributed by atoms with E-state index in [0.717, 1.165) is 0 Å². The predicted octanol–water partition coefficient (Wildman–Crippen LogP) is -0.581. The van der Waals surface area contributed by atoms with Crippen LogP contribution in [0, 0.1) is 11.3 Å². The first-order valence-electron chi connectivity index (χ1n) is 5.80. The van der Waals surface area contributed by atoms with Crippen LogP contribution in [0.4, 0.5) is 0 Å². The zero-order chi connectivity index (χ0) is 16.0. The van der Waals surface area contributed by atoms with Crippen molar-refractivity contribution in [2.45, 2.75) is 18.5 Å². The molecule has 1 aliphatic rings. The summed E-state index contributed by atoms with van der Waals surface area (Å²) in [6.45, 7) is -0.593. The Hall–Kier alpha value is -1.73. The van der Waals surface area contributed by atoms with Gasteiger partial charge < -0.3 is 20.1 Å². The highest BCUT2D eigenvalue weighted by molar-refractivity contribution is 9.09. The van der Waals surface area contributed by atoms with E-state index in [-0.39, 0.29) is 30.0 Å². The molecule has 0 bridgehead atoms. The number of hydrogen-bond acceptors (Lipinski definition) is 6. The van der Waals surface area contributed by atoms with Crippen molar-refractivity contribution in [1.82, 2.24) is 10.2 Å². The number of carbonyl (C=O) groups is 3. The second kappa shape index (κ2) is 7.90. The number of thiocarbonyl (C=S) groups is 1. The molecule has 0 spiro atoms. The van der Waals surface area contributed by atoms with Crippen molar-refractivity contribution in [1.29, 1.82) is 5.26 Å². The van der Waals surface area contributed by atoms with Crippen LogP contribution >= 0.6 is 28.1 Å². The Bertz CT molecular complexity index is 507. The molecule has 114 valence electrons. The van der Waals surface area contributed by atoms with Crippen molar-refractivity contribution in [3.63, 3.8) is 0 Å². The van der Waals surface area contributed by atoms with Crippen molar-refractivity contribution in [3.8, 4) is 6.07 Å². The summed E-state index contributed by atoms with van der Waals surface area (Å²) < 4.78 is 4.80. The first-order valence-corrected chi connectivity index (χ1v) is 7.33. The summed E-state index contributed by atoms with van der Waals surface area (Å²) in [5, 5.41) is 19.7. The van der Waals surface area contributed by atoms with Crippen molar-refractivity contribution in [2.75, 3.05) is 18.5 Å². The van der Waals surface area contributed by atoms with Gasteiger partial charge in [0.2, 0.25) is 11.8 Å². The Morgan fingerprint density at radius 3 is 2.76 bits per heavy atom. The number of ether oxygens (including phenoxy) is 1. The fourth-order valence-electron chi connectivity index (χ4n) is 1.75. The molecule has 0 unspecified atom stereocenters. The van der Waals surface area contributed by atoms with Crippen LogP contribution in [0.3, 0.4) is 0 Å². The lowest BCUT2D eigenvalue weighted by atomic mass is 9.96. The van der Waals surface area contributed by atoms with Crippen LogP contribution in [0.2, 0.25) is 0 Å². The highest BCUT2D eigenvalue weighted by atomic mass is 79.9. The number of nitrogens with one attached hydrogen (secondary N) is 1. The van der Waals surface area contributed by atoms with Gasteiger partial charge in [-0.25, -0.2) is 4.79 Å².